The lowest BCUT2D eigenvalue weighted by atomic mass is 9.93. The van der Waals surface area contributed by atoms with Crippen molar-refractivity contribution in [3.8, 4) is 11.5 Å². The van der Waals surface area contributed by atoms with Crippen molar-refractivity contribution in [3.63, 3.8) is 0 Å². The predicted octanol–water partition coefficient (Wildman–Crippen LogP) is 2.27. The van der Waals surface area contributed by atoms with Crippen molar-refractivity contribution in [1.82, 2.24) is 0 Å². The lowest BCUT2D eigenvalue weighted by Gasteiger charge is -2.23. The zero-order valence-corrected chi connectivity index (χ0v) is 9.90. The average molecular weight is 221 g/mol. The Kier molecular flexibility index (Phi) is 3.69. The van der Waals surface area contributed by atoms with Crippen LogP contribution in [-0.2, 0) is 10.3 Å². The van der Waals surface area contributed by atoms with Gasteiger partial charge in [-0.3, -0.25) is 0 Å². The van der Waals surface area contributed by atoms with Crippen LogP contribution in [0.1, 0.15) is 19.4 Å². The van der Waals surface area contributed by atoms with Gasteiger partial charge in [0.15, 0.2) is 0 Å². The molecule has 1 aromatic carbocycles. The molecule has 0 aliphatic rings. The van der Waals surface area contributed by atoms with Crippen LogP contribution >= 0.6 is 0 Å². The molecular formula is C12H15NO3. The van der Waals surface area contributed by atoms with Gasteiger partial charge in [0, 0.05) is 0 Å². The van der Waals surface area contributed by atoms with Gasteiger partial charge >= 0.3 is 0 Å². The van der Waals surface area contributed by atoms with Crippen LogP contribution in [-0.4, -0.2) is 20.3 Å². The fourth-order valence-corrected chi connectivity index (χ4v) is 1.62. The van der Waals surface area contributed by atoms with E-state index in [1.807, 2.05) is 6.07 Å². The lowest BCUT2D eigenvalue weighted by Crippen LogP contribution is -2.16. The fraction of sp³-hybridized carbons (Fsp3) is 0.417. The lowest BCUT2D eigenvalue weighted by molar-refractivity contribution is 0.364. The zero-order chi connectivity index (χ0) is 12.2. The molecule has 0 heterocycles. The molecule has 0 aromatic heterocycles. The summed E-state index contributed by atoms with van der Waals surface area (Å²) in [5.41, 5.74) is 0.0167. The molecule has 0 N–H and O–H groups in total. The van der Waals surface area contributed by atoms with Gasteiger partial charge in [0.2, 0.25) is 6.08 Å². The molecule has 0 atom stereocenters. The van der Waals surface area contributed by atoms with E-state index in [-0.39, 0.29) is 0 Å². The van der Waals surface area contributed by atoms with Gasteiger partial charge in [-0.05, 0) is 26.0 Å². The quantitative estimate of drug-likeness (QED) is 0.579. The highest BCUT2D eigenvalue weighted by Gasteiger charge is 2.27. The maximum atomic E-state index is 10.4. The smallest absolute Gasteiger partial charge is 0.235 e. The second kappa shape index (κ2) is 4.81. The predicted molar refractivity (Wildman–Crippen MR) is 60.7 cm³/mol. The number of aliphatic imine (C=N–C) groups is 1. The third-order valence-electron chi connectivity index (χ3n) is 2.36. The van der Waals surface area contributed by atoms with Crippen LogP contribution in [0.15, 0.2) is 23.2 Å². The van der Waals surface area contributed by atoms with Gasteiger partial charge in [-0.25, -0.2) is 4.79 Å². The molecule has 0 aliphatic heterocycles. The Morgan fingerprint density at radius 1 is 1.19 bits per heavy atom. The molecule has 0 bridgehead atoms. The molecule has 0 saturated carbocycles. The maximum absolute atomic E-state index is 10.4. The molecule has 4 heteroatoms. The van der Waals surface area contributed by atoms with Crippen LogP contribution in [0.4, 0.5) is 0 Å². The summed E-state index contributed by atoms with van der Waals surface area (Å²) in [5, 5.41) is 0. The summed E-state index contributed by atoms with van der Waals surface area (Å²) in [4.78, 5) is 14.2. The van der Waals surface area contributed by atoms with E-state index in [1.54, 1.807) is 46.3 Å². The number of hydrogen-bond acceptors (Lipinski definition) is 4. The molecule has 1 rings (SSSR count). The maximum Gasteiger partial charge on any atom is 0.235 e. The Morgan fingerprint density at radius 3 is 2.06 bits per heavy atom. The third kappa shape index (κ3) is 2.23. The minimum Gasteiger partial charge on any atom is -0.496 e. The van der Waals surface area contributed by atoms with Gasteiger partial charge < -0.3 is 9.47 Å². The molecule has 0 aliphatic carbocycles. The molecule has 0 radical (unpaired) electrons. The normalized spacial score (nSPS) is 10.5. The minimum absolute atomic E-state index is 0.642. The van der Waals surface area contributed by atoms with E-state index >= 15 is 0 Å². The molecule has 86 valence electrons. The van der Waals surface area contributed by atoms with Crippen molar-refractivity contribution < 1.29 is 14.3 Å². The fourth-order valence-electron chi connectivity index (χ4n) is 1.62. The Labute approximate surface area is 94.9 Å². The Morgan fingerprint density at radius 2 is 1.69 bits per heavy atom. The van der Waals surface area contributed by atoms with Crippen LogP contribution in [0.3, 0.4) is 0 Å². The largest absolute Gasteiger partial charge is 0.496 e. The van der Waals surface area contributed by atoms with Gasteiger partial charge in [0.1, 0.15) is 11.5 Å². The summed E-state index contributed by atoms with van der Waals surface area (Å²) in [7, 11) is 3.14. The first kappa shape index (κ1) is 12.3. The van der Waals surface area contributed by atoms with Crippen molar-refractivity contribution in [2.75, 3.05) is 14.2 Å². The average Bonchev–Trinajstić information content (AvgIpc) is 2.27. The summed E-state index contributed by atoms with van der Waals surface area (Å²) >= 11 is 0. The number of nitrogens with zero attached hydrogens (tertiary/aromatic N) is 1. The van der Waals surface area contributed by atoms with Gasteiger partial charge in [-0.1, -0.05) is 6.07 Å². The second-order valence-electron chi connectivity index (χ2n) is 3.80. The van der Waals surface area contributed by atoms with Gasteiger partial charge in [-0.2, -0.15) is 4.99 Å². The summed E-state index contributed by atoms with van der Waals surface area (Å²) < 4.78 is 10.5. The van der Waals surface area contributed by atoms with Crippen molar-refractivity contribution in [3.05, 3.63) is 23.8 Å². The Hall–Kier alpha value is -1.80. The van der Waals surface area contributed by atoms with Crippen LogP contribution in [0.25, 0.3) is 0 Å². The van der Waals surface area contributed by atoms with Crippen LogP contribution in [0, 0.1) is 0 Å². The highest BCUT2D eigenvalue weighted by molar-refractivity contribution is 5.50. The first-order chi connectivity index (χ1) is 7.56. The first-order valence-corrected chi connectivity index (χ1v) is 4.87. The van der Waals surface area contributed by atoms with E-state index in [9.17, 15) is 4.79 Å². The van der Waals surface area contributed by atoms with Crippen molar-refractivity contribution >= 4 is 6.08 Å². The molecule has 16 heavy (non-hydrogen) atoms. The van der Waals surface area contributed by atoms with E-state index in [2.05, 4.69) is 4.99 Å². The number of isocyanates is 1. The SMILES string of the molecule is COc1cccc(OC)c1C(C)(C)N=C=O. The first-order valence-electron chi connectivity index (χ1n) is 4.87. The number of rotatable bonds is 4. The van der Waals surface area contributed by atoms with Crippen molar-refractivity contribution in [2.45, 2.75) is 19.4 Å². The highest BCUT2D eigenvalue weighted by Crippen LogP contribution is 2.39. The number of hydrogen-bond donors (Lipinski definition) is 0. The van der Waals surface area contributed by atoms with Crippen molar-refractivity contribution in [1.29, 1.82) is 0 Å². The zero-order valence-electron chi connectivity index (χ0n) is 9.90. The Bertz CT molecular complexity index is 398. The van der Waals surface area contributed by atoms with E-state index in [0.717, 1.165) is 5.56 Å². The number of carbonyl (C=O) groups excluding carboxylic acids is 1. The molecule has 0 unspecified atom stereocenters. The molecule has 0 amide bonds. The monoisotopic (exact) mass is 221 g/mol. The highest BCUT2D eigenvalue weighted by atomic mass is 16.5. The topological polar surface area (TPSA) is 47.9 Å². The van der Waals surface area contributed by atoms with E-state index in [4.69, 9.17) is 9.47 Å². The Balaban J connectivity index is 3.44. The third-order valence-corrected chi connectivity index (χ3v) is 2.36. The van der Waals surface area contributed by atoms with Gasteiger partial charge in [0.05, 0.1) is 25.3 Å². The van der Waals surface area contributed by atoms with Crippen LogP contribution in [0.2, 0.25) is 0 Å². The van der Waals surface area contributed by atoms with Gasteiger partial charge in [-0.15, -0.1) is 0 Å². The summed E-state index contributed by atoms with van der Waals surface area (Å²) in [6.45, 7) is 3.61. The van der Waals surface area contributed by atoms with Crippen molar-refractivity contribution in [2.24, 2.45) is 4.99 Å². The second-order valence-corrected chi connectivity index (χ2v) is 3.80. The standard InChI is InChI=1S/C12H15NO3/c1-12(2,13-8-14)11-9(15-3)6-5-7-10(11)16-4/h5-7H,1-4H3. The summed E-state index contributed by atoms with van der Waals surface area (Å²) in [6, 6.07) is 5.43. The number of benzene rings is 1. The summed E-state index contributed by atoms with van der Waals surface area (Å²) in [6.07, 6.45) is 1.57. The number of ether oxygens (including phenoxy) is 2. The molecule has 0 fully saturated rings. The van der Waals surface area contributed by atoms with E-state index in [0.29, 0.717) is 11.5 Å². The molecule has 1 aromatic rings. The number of methoxy groups -OCH3 is 2. The molecular weight excluding hydrogens is 206 g/mol. The molecule has 0 saturated heterocycles. The van der Waals surface area contributed by atoms with Gasteiger partial charge in [0.25, 0.3) is 0 Å². The van der Waals surface area contributed by atoms with E-state index in [1.165, 1.54) is 0 Å². The van der Waals surface area contributed by atoms with E-state index < -0.39 is 5.54 Å². The van der Waals surface area contributed by atoms with Crippen LogP contribution < -0.4 is 9.47 Å². The molecule has 4 nitrogen and oxygen atoms in total. The minimum atomic E-state index is -0.723. The molecule has 0 spiro atoms. The van der Waals surface area contributed by atoms with Crippen LogP contribution in [0.5, 0.6) is 11.5 Å². The summed E-state index contributed by atoms with van der Waals surface area (Å²) in [5.74, 6) is 1.28.